The molecule has 0 saturated carbocycles. The zero-order chi connectivity index (χ0) is 27.0. The highest BCUT2D eigenvalue weighted by Gasteiger charge is 2.31. The van der Waals surface area contributed by atoms with E-state index in [9.17, 15) is 18.0 Å². The molecule has 0 unspecified atom stereocenters. The number of nitrogens with one attached hydrogen (secondary N) is 1. The molecular formula is C24H30Cl3N3O5S. The number of benzene rings is 2. The lowest BCUT2D eigenvalue weighted by Crippen LogP contribution is -2.51. The second kappa shape index (κ2) is 13.4. The Bertz CT molecular complexity index is 1170. The fraction of sp³-hybridized carbons (Fsp3) is 0.417. The number of sulfonamides is 1. The van der Waals surface area contributed by atoms with Gasteiger partial charge in [-0.25, -0.2) is 8.42 Å². The minimum Gasteiger partial charge on any atom is -0.495 e. The first kappa shape index (κ1) is 30.0. The van der Waals surface area contributed by atoms with E-state index < -0.39 is 28.5 Å². The molecule has 1 atom stereocenters. The Morgan fingerprint density at radius 2 is 1.72 bits per heavy atom. The largest absolute Gasteiger partial charge is 0.495 e. The molecule has 0 aliphatic heterocycles. The number of anilines is 1. The van der Waals surface area contributed by atoms with Gasteiger partial charge in [0.1, 0.15) is 18.3 Å². The number of methoxy groups -OCH3 is 1. The van der Waals surface area contributed by atoms with Gasteiger partial charge < -0.3 is 15.0 Å². The normalized spacial score (nSPS) is 12.1. The van der Waals surface area contributed by atoms with Gasteiger partial charge >= 0.3 is 0 Å². The fourth-order valence-corrected chi connectivity index (χ4v) is 5.01. The molecule has 0 aliphatic carbocycles. The minimum absolute atomic E-state index is 0.0966. The number of nitrogens with zero attached hydrogens (tertiary/aromatic N) is 2. The molecule has 0 heterocycles. The lowest BCUT2D eigenvalue weighted by Gasteiger charge is -2.32. The average Bonchev–Trinajstić information content (AvgIpc) is 2.81. The first-order valence-corrected chi connectivity index (χ1v) is 14.2. The van der Waals surface area contributed by atoms with Crippen molar-refractivity contribution in [3.8, 4) is 5.75 Å². The van der Waals surface area contributed by atoms with Crippen molar-refractivity contribution in [3.05, 3.63) is 57.0 Å². The Morgan fingerprint density at radius 1 is 1.08 bits per heavy atom. The first-order valence-electron chi connectivity index (χ1n) is 11.2. The molecule has 0 fully saturated rings. The Labute approximate surface area is 227 Å². The third-order valence-electron chi connectivity index (χ3n) is 5.49. The van der Waals surface area contributed by atoms with Crippen molar-refractivity contribution in [2.45, 2.75) is 39.3 Å². The SMILES string of the molecule is CCCCNC(=O)[C@H](C)N(Cc1c(Cl)cccc1Cl)C(=O)CN(c1ccc(OC)c(Cl)c1)S(C)(=O)=O. The van der Waals surface area contributed by atoms with E-state index in [4.69, 9.17) is 39.5 Å². The number of ether oxygens (including phenoxy) is 1. The molecule has 0 aliphatic rings. The van der Waals surface area contributed by atoms with Crippen LogP contribution in [0.3, 0.4) is 0 Å². The predicted octanol–water partition coefficient (Wildman–Crippen LogP) is 4.76. The molecule has 198 valence electrons. The van der Waals surface area contributed by atoms with Crippen LogP contribution in [0.1, 0.15) is 32.3 Å². The third-order valence-corrected chi connectivity index (χ3v) is 7.63. The lowest BCUT2D eigenvalue weighted by atomic mass is 10.1. The number of carbonyl (C=O) groups is 2. The van der Waals surface area contributed by atoms with E-state index in [2.05, 4.69) is 5.32 Å². The van der Waals surface area contributed by atoms with E-state index in [1.54, 1.807) is 25.1 Å². The van der Waals surface area contributed by atoms with Crippen molar-refractivity contribution in [1.82, 2.24) is 10.2 Å². The molecule has 2 aromatic carbocycles. The summed E-state index contributed by atoms with van der Waals surface area (Å²) in [5.41, 5.74) is 0.619. The van der Waals surface area contributed by atoms with Crippen molar-refractivity contribution in [3.63, 3.8) is 0 Å². The maximum Gasteiger partial charge on any atom is 0.244 e. The maximum atomic E-state index is 13.6. The Kier molecular flexibility index (Phi) is 11.2. The summed E-state index contributed by atoms with van der Waals surface area (Å²) >= 11 is 18.9. The van der Waals surface area contributed by atoms with Gasteiger partial charge in [-0.1, -0.05) is 54.2 Å². The third kappa shape index (κ3) is 7.90. The molecule has 0 spiro atoms. The quantitative estimate of drug-likeness (QED) is 0.367. The van der Waals surface area contributed by atoms with Crippen molar-refractivity contribution in [2.24, 2.45) is 0 Å². The first-order chi connectivity index (χ1) is 16.9. The van der Waals surface area contributed by atoms with E-state index in [0.717, 1.165) is 23.4 Å². The summed E-state index contributed by atoms with van der Waals surface area (Å²) in [4.78, 5) is 27.7. The number of unbranched alkanes of at least 4 members (excludes halogenated alkanes) is 1. The Hall–Kier alpha value is -2.20. The van der Waals surface area contributed by atoms with Gasteiger partial charge in [0.15, 0.2) is 0 Å². The fourth-order valence-electron chi connectivity index (χ4n) is 3.40. The second-order valence-corrected chi connectivity index (χ2v) is 11.3. The van der Waals surface area contributed by atoms with Crippen LogP contribution in [-0.2, 0) is 26.2 Å². The summed E-state index contributed by atoms with van der Waals surface area (Å²) in [5, 5.41) is 3.63. The molecule has 2 rings (SSSR count). The summed E-state index contributed by atoms with van der Waals surface area (Å²) < 4.78 is 31.4. The number of hydrogen-bond donors (Lipinski definition) is 1. The summed E-state index contributed by atoms with van der Waals surface area (Å²) in [7, 11) is -2.47. The van der Waals surface area contributed by atoms with Crippen molar-refractivity contribution in [1.29, 1.82) is 0 Å². The monoisotopic (exact) mass is 577 g/mol. The molecule has 8 nitrogen and oxygen atoms in total. The molecule has 0 aromatic heterocycles. The molecule has 36 heavy (non-hydrogen) atoms. The number of amides is 2. The van der Waals surface area contributed by atoms with Gasteiger partial charge in [-0.05, 0) is 43.7 Å². The van der Waals surface area contributed by atoms with Gasteiger partial charge in [-0.15, -0.1) is 0 Å². The molecule has 0 radical (unpaired) electrons. The number of carbonyl (C=O) groups excluding carboxylic acids is 2. The highest BCUT2D eigenvalue weighted by molar-refractivity contribution is 7.92. The predicted molar refractivity (Wildman–Crippen MR) is 145 cm³/mol. The van der Waals surface area contributed by atoms with E-state index in [0.29, 0.717) is 27.9 Å². The van der Waals surface area contributed by atoms with Crippen LogP contribution in [0.2, 0.25) is 15.1 Å². The number of halogens is 3. The van der Waals surface area contributed by atoms with E-state index in [1.165, 1.54) is 30.2 Å². The summed E-state index contributed by atoms with van der Waals surface area (Å²) in [6.07, 6.45) is 2.65. The van der Waals surface area contributed by atoms with Crippen molar-refractivity contribution < 1.29 is 22.7 Å². The molecular weight excluding hydrogens is 549 g/mol. The van der Waals surface area contributed by atoms with E-state index >= 15 is 0 Å². The van der Waals surface area contributed by atoms with Gasteiger partial charge in [0.2, 0.25) is 21.8 Å². The molecule has 12 heteroatoms. The van der Waals surface area contributed by atoms with Crippen LogP contribution in [0.4, 0.5) is 5.69 Å². The summed E-state index contributed by atoms with van der Waals surface area (Å²) in [6, 6.07) is 8.37. The highest BCUT2D eigenvalue weighted by atomic mass is 35.5. The van der Waals surface area contributed by atoms with Crippen LogP contribution in [0.5, 0.6) is 5.75 Å². The van der Waals surface area contributed by atoms with Crippen LogP contribution < -0.4 is 14.4 Å². The summed E-state index contributed by atoms with van der Waals surface area (Å²) in [6.45, 7) is 3.35. The van der Waals surface area contributed by atoms with Crippen LogP contribution in [0.25, 0.3) is 0 Å². The van der Waals surface area contributed by atoms with Crippen molar-refractivity contribution >= 4 is 62.3 Å². The van der Waals surface area contributed by atoms with Crippen molar-refractivity contribution in [2.75, 3.05) is 30.8 Å². The van der Waals surface area contributed by atoms with Crippen LogP contribution in [-0.4, -0.2) is 57.6 Å². The number of rotatable bonds is 12. The lowest BCUT2D eigenvalue weighted by molar-refractivity contribution is -0.139. The zero-order valence-electron chi connectivity index (χ0n) is 20.6. The number of hydrogen-bond acceptors (Lipinski definition) is 5. The highest BCUT2D eigenvalue weighted by Crippen LogP contribution is 2.31. The zero-order valence-corrected chi connectivity index (χ0v) is 23.6. The van der Waals surface area contributed by atoms with E-state index in [1.807, 2.05) is 6.92 Å². The Morgan fingerprint density at radius 3 is 2.25 bits per heavy atom. The topological polar surface area (TPSA) is 96.0 Å². The van der Waals surface area contributed by atoms with Crippen LogP contribution in [0, 0.1) is 0 Å². The molecule has 0 bridgehead atoms. The second-order valence-electron chi connectivity index (χ2n) is 8.13. The molecule has 2 aromatic rings. The maximum absolute atomic E-state index is 13.6. The van der Waals surface area contributed by atoms with Gasteiger partial charge in [-0.2, -0.15) is 0 Å². The van der Waals surface area contributed by atoms with E-state index in [-0.39, 0.29) is 23.2 Å². The minimum atomic E-state index is -3.90. The smallest absolute Gasteiger partial charge is 0.244 e. The Balaban J connectivity index is 2.44. The molecule has 2 amide bonds. The van der Waals surface area contributed by atoms with Gasteiger partial charge in [-0.3, -0.25) is 13.9 Å². The molecule has 1 N–H and O–H groups in total. The van der Waals surface area contributed by atoms with Gasteiger partial charge in [0.05, 0.1) is 24.1 Å². The van der Waals surface area contributed by atoms with Crippen LogP contribution in [0.15, 0.2) is 36.4 Å². The summed E-state index contributed by atoms with van der Waals surface area (Å²) in [5.74, 6) is -0.646. The average molecular weight is 579 g/mol. The van der Waals surface area contributed by atoms with Gasteiger partial charge in [0.25, 0.3) is 0 Å². The van der Waals surface area contributed by atoms with Gasteiger partial charge in [0, 0.05) is 28.7 Å². The van der Waals surface area contributed by atoms with Crippen LogP contribution >= 0.6 is 34.8 Å². The molecule has 0 saturated heterocycles. The standard InChI is InChI=1S/C24H30Cl3N3O5S/c1-5-6-12-28-24(32)16(2)29(14-18-19(25)8-7-9-20(18)26)23(31)15-30(36(4,33)34)17-10-11-22(35-3)21(27)13-17/h7-11,13,16H,5-6,12,14-15H2,1-4H3,(H,28,32)/t16-/m0/s1.